The van der Waals surface area contributed by atoms with Gasteiger partial charge in [0.05, 0.1) is 17.0 Å². The van der Waals surface area contributed by atoms with Gasteiger partial charge in [-0.3, -0.25) is 9.59 Å². The first kappa shape index (κ1) is 25.6. The number of amides is 2. The lowest BCUT2D eigenvalue weighted by Gasteiger charge is -2.32. The fraction of sp³-hybridized carbons (Fsp3) is 0.667. The lowest BCUT2D eigenvalue weighted by Crippen LogP contribution is -2.45. The van der Waals surface area contributed by atoms with Crippen molar-refractivity contribution in [3.05, 3.63) is 29.6 Å². The number of aromatic nitrogens is 2. The van der Waals surface area contributed by atoms with Crippen LogP contribution >= 0.6 is 0 Å². The third-order valence-electron chi connectivity index (χ3n) is 7.37. The molecule has 1 aliphatic carbocycles. The van der Waals surface area contributed by atoms with E-state index in [4.69, 9.17) is 4.98 Å². The van der Waals surface area contributed by atoms with Crippen LogP contribution in [-0.4, -0.2) is 51.8 Å². The Balaban J connectivity index is 1.58. The summed E-state index contributed by atoms with van der Waals surface area (Å²) in [4.78, 5) is 32.3. The van der Waals surface area contributed by atoms with Crippen LogP contribution in [0.4, 0.5) is 8.78 Å². The van der Waals surface area contributed by atoms with Crippen LogP contribution in [0.25, 0.3) is 11.0 Å². The number of carbonyl (C=O) groups is 2. The van der Waals surface area contributed by atoms with Crippen LogP contribution in [0.2, 0.25) is 0 Å². The molecule has 0 spiro atoms. The fourth-order valence-corrected chi connectivity index (χ4v) is 5.44. The second-order valence-corrected chi connectivity index (χ2v) is 11.3. The van der Waals surface area contributed by atoms with Crippen molar-refractivity contribution >= 4 is 22.8 Å². The highest BCUT2D eigenvalue weighted by Crippen LogP contribution is 2.38. The Bertz CT molecular complexity index is 1080. The largest absolute Gasteiger partial charge is 0.356 e. The van der Waals surface area contributed by atoms with Gasteiger partial charge in [-0.15, -0.1) is 0 Å². The Morgan fingerprint density at radius 3 is 2.54 bits per heavy atom. The SMILES string of the molecule is CCNC(=O)C1CCCN(C(=O)c2ccc3c(c2)nc(C(C)(C)C)n3CC2CCC(F)(F)CC2)C1. The summed E-state index contributed by atoms with van der Waals surface area (Å²) in [5.41, 5.74) is 2.02. The van der Waals surface area contributed by atoms with E-state index in [1.165, 1.54) is 0 Å². The zero-order chi connectivity index (χ0) is 25.4. The maximum atomic E-state index is 13.7. The van der Waals surface area contributed by atoms with Crippen molar-refractivity contribution < 1.29 is 18.4 Å². The average Bonchev–Trinajstić information content (AvgIpc) is 3.18. The van der Waals surface area contributed by atoms with Gasteiger partial charge < -0.3 is 14.8 Å². The standard InChI is InChI=1S/C27H38F2N4O2/c1-5-30-23(34)20-7-6-14-32(17-20)24(35)19-8-9-22-21(15-19)31-25(26(2,3)4)33(22)16-18-10-12-27(28,29)13-11-18/h8-9,15,18,20H,5-7,10-14,16-17H2,1-4H3,(H,30,34). The van der Waals surface area contributed by atoms with Gasteiger partial charge in [0.25, 0.3) is 5.91 Å². The summed E-state index contributed by atoms with van der Waals surface area (Å²) >= 11 is 0. The van der Waals surface area contributed by atoms with Crippen molar-refractivity contribution in [2.24, 2.45) is 11.8 Å². The van der Waals surface area contributed by atoms with E-state index in [9.17, 15) is 18.4 Å². The molecule has 192 valence electrons. The van der Waals surface area contributed by atoms with Crippen molar-refractivity contribution in [3.8, 4) is 0 Å². The fourth-order valence-electron chi connectivity index (χ4n) is 5.44. The van der Waals surface area contributed by atoms with Crippen LogP contribution in [0.15, 0.2) is 18.2 Å². The molecular weight excluding hydrogens is 450 g/mol. The molecule has 8 heteroatoms. The molecule has 0 radical (unpaired) electrons. The minimum Gasteiger partial charge on any atom is -0.356 e. The second-order valence-electron chi connectivity index (χ2n) is 11.3. The molecule has 2 aromatic rings. The van der Waals surface area contributed by atoms with Crippen molar-refractivity contribution in [2.75, 3.05) is 19.6 Å². The Morgan fingerprint density at radius 2 is 1.89 bits per heavy atom. The molecule has 35 heavy (non-hydrogen) atoms. The number of hydrogen-bond acceptors (Lipinski definition) is 3. The zero-order valence-electron chi connectivity index (χ0n) is 21.4. The summed E-state index contributed by atoms with van der Waals surface area (Å²) in [7, 11) is 0. The number of benzene rings is 1. The van der Waals surface area contributed by atoms with Crippen molar-refractivity contribution in [1.29, 1.82) is 0 Å². The highest BCUT2D eigenvalue weighted by Gasteiger charge is 2.36. The van der Waals surface area contributed by atoms with E-state index in [-0.39, 0.29) is 41.9 Å². The molecule has 2 fully saturated rings. The summed E-state index contributed by atoms with van der Waals surface area (Å²) in [6.45, 7) is 10.5. The Hall–Kier alpha value is -2.51. The Kier molecular flexibility index (Phi) is 7.21. The van der Waals surface area contributed by atoms with E-state index in [1.807, 2.05) is 25.1 Å². The van der Waals surface area contributed by atoms with Crippen LogP contribution in [0.1, 0.15) is 82.4 Å². The molecule has 0 bridgehead atoms. The van der Waals surface area contributed by atoms with Gasteiger partial charge in [-0.25, -0.2) is 13.8 Å². The van der Waals surface area contributed by atoms with E-state index < -0.39 is 5.92 Å². The van der Waals surface area contributed by atoms with E-state index in [0.29, 0.717) is 44.6 Å². The molecule has 1 unspecified atom stereocenters. The number of nitrogens with zero attached hydrogens (tertiary/aromatic N) is 3. The van der Waals surface area contributed by atoms with E-state index in [0.717, 1.165) is 29.7 Å². The number of imidazole rings is 1. The smallest absolute Gasteiger partial charge is 0.253 e. The molecule has 1 atom stereocenters. The summed E-state index contributed by atoms with van der Waals surface area (Å²) in [5, 5.41) is 2.87. The molecule has 6 nitrogen and oxygen atoms in total. The molecule has 2 aliphatic rings. The Morgan fingerprint density at radius 1 is 1.17 bits per heavy atom. The first-order valence-corrected chi connectivity index (χ1v) is 12.9. The third-order valence-corrected chi connectivity index (χ3v) is 7.37. The van der Waals surface area contributed by atoms with E-state index in [2.05, 4.69) is 30.7 Å². The van der Waals surface area contributed by atoms with Crippen LogP contribution in [0.3, 0.4) is 0 Å². The van der Waals surface area contributed by atoms with Gasteiger partial charge in [0.2, 0.25) is 11.8 Å². The molecule has 4 rings (SSSR count). The number of hydrogen-bond donors (Lipinski definition) is 1. The molecule has 1 aromatic carbocycles. The van der Waals surface area contributed by atoms with Crippen molar-refractivity contribution in [1.82, 2.24) is 19.8 Å². The molecule has 1 aliphatic heterocycles. The summed E-state index contributed by atoms with van der Waals surface area (Å²) < 4.78 is 29.5. The van der Waals surface area contributed by atoms with Gasteiger partial charge in [-0.1, -0.05) is 20.8 Å². The minimum atomic E-state index is -2.54. The maximum Gasteiger partial charge on any atom is 0.253 e. The summed E-state index contributed by atoms with van der Waals surface area (Å²) in [6, 6.07) is 5.61. The lowest BCUT2D eigenvalue weighted by atomic mass is 9.86. The summed E-state index contributed by atoms with van der Waals surface area (Å²) in [6.07, 6.45) is 2.51. The molecule has 2 amide bonds. The molecule has 2 heterocycles. The van der Waals surface area contributed by atoms with Crippen molar-refractivity contribution in [2.45, 2.75) is 84.1 Å². The topological polar surface area (TPSA) is 67.2 Å². The monoisotopic (exact) mass is 488 g/mol. The number of fused-ring (bicyclic) bond motifs is 1. The number of nitrogens with one attached hydrogen (secondary N) is 1. The Labute approximate surface area is 206 Å². The predicted molar refractivity (Wildman–Crippen MR) is 133 cm³/mol. The van der Waals surface area contributed by atoms with Gasteiger partial charge in [-0.05, 0) is 56.7 Å². The quantitative estimate of drug-likeness (QED) is 0.633. The number of piperidine rings is 1. The normalized spacial score (nSPS) is 21.3. The third kappa shape index (κ3) is 5.67. The highest BCUT2D eigenvalue weighted by molar-refractivity contribution is 5.98. The molecule has 1 saturated carbocycles. The first-order valence-electron chi connectivity index (χ1n) is 12.9. The van der Waals surface area contributed by atoms with E-state index >= 15 is 0 Å². The van der Waals surface area contributed by atoms with Crippen LogP contribution in [-0.2, 0) is 16.8 Å². The van der Waals surface area contributed by atoms with Crippen molar-refractivity contribution in [3.63, 3.8) is 0 Å². The first-order chi connectivity index (χ1) is 16.5. The number of carbonyl (C=O) groups excluding carboxylic acids is 2. The molecule has 1 saturated heterocycles. The average molecular weight is 489 g/mol. The number of alkyl halides is 2. The zero-order valence-corrected chi connectivity index (χ0v) is 21.4. The summed E-state index contributed by atoms with van der Waals surface area (Å²) in [5.74, 6) is -1.69. The van der Waals surface area contributed by atoms with Gasteiger partial charge >= 0.3 is 0 Å². The minimum absolute atomic E-state index is 0.00879. The maximum absolute atomic E-state index is 13.7. The molecule has 1 N–H and O–H groups in total. The van der Waals surface area contributed by atoms with Gasteiger partial charge in [0, 0.05) is 50.0 Å². The van der Waals surface area contributed by atoms with Gasteiger partial charge in [-0.2, -0.15) is 0 Å². The van der Waals surface area contributed by atoms with Gasteiger partial charge in [0.15, 0.2) is 0 Å². The lowest BCUT2D eigenvalue weighted by molar-refractivity contribution is -0.126. The number of halogens is 2. The van der Waals surface area contributed by atoms with E-state index in [1.54, 1.807) is 4.90 Å². The highest BCUT2D eigenvalue weighted by atomic mass is 19.3. The van der Waals surface area contributed by atoms with Crippen LogP contribution in [0.5, 0.6) is 0 Å². The van der Waals surface area contributed by atoms with Gasteiger partial charge in [0.1, 0.15) is 5.82 Å². The molecule has 1 aromatic heterocycles. The van der Waals surface area contributed by atoms with Crippen LogP contribution in [0, 0.1) is 11.8 Å². The molecular formula is C27H38F2N4O2. The number of rotatable bonds is 5. The second kappa shape index (κ2) is 9.86. The van der Waals surface area contributed by atoms with Crippen LogP contribution < -0.4 is 5.32 Å². The number of likely N-dealkylation sites (tertiary alicyclic amines) is 1. The predicted octanol–water partition coefficient (Wildman–Crippen LogP) is 5.15.